The molecular formula is C30H32ClFN8O2S. The Morgan fingerprint density at radius 1 is 1.05 bits per heavy atom. The molecule has 13 heteroatoms. The van der Waals surface area contributed by atoms with Gasteiger partial charge in [-0.1, -0.05) is 17.7 Å². The first kappa shape index (κ1) is 29.3. The number of sulfonamides is 1. The predicted octanol–water partition coefficient (Wildman–Crippen LogP) is 4.88. The fraction of sp³-hybridized carbons (Fsp3) is 0.367. The van der Waals surface area contributed by atoms with E-state index in [1.165, 1.54) is 36.7 Å². The molecule has 1 aliphatic carbocycles. The van der Waals surface area contributed by atoms with Gasteiger partial charge < -0.3 is 15.2 Å². The van der Waals surface area contributed by atoms with Crippen LogP contribution in [0.5, 0.6) is 0 Å². The Hall–Kier alpha value is -3.76. The molecule has 1 saturated heterocycles. The summed E-state index contributed by atoms with van der Waals surface area (Å²) in [5.74, 6) is -0.472. The van der Waals surface area contributed by atoms with E-state index in [4.69, 9.17) is 22.6 Å². The lowest BCUT2D eigenvalue weighted by Gasteiger charge is -2.41. The van der Waals surface area contributed by atoms with Gasteiger partial charge in [-0.25, -0.2) is 22.8 Å². The maximum atomic E-state index is 15.4. The van der Waals surface area contributed by atoms with Crippen molar-refractivity contribution in [2.45, 2.75) is 42.7 Å². The molecule has 0 atom stereocenters. The first-order chi connectivity index (χ1) is 20.6. The van der Waals surface area contributed by atoms with Crippen molar-refractivity contribution in [2.24, 2.45) is 0 Å². The highest BCUT2D eigenvalue weighted by Gasteiger charge is 2.30. The number of rotatable bonds is 6. The molecule has 2 aliphatic rings. The van der Waals surface area contributed by atoms with Gasteiger partial charge in [-0.05, 0) is 68.6 Å². The minimum absolute atomic E-state index is 0.135. The molecule has 2 fully saturated rings. The zero-order chi connectivity index (χ0) is 30.3. The van der Waals surface area contributed by atoms with Crippen molar-refractivity contribution in [3.05, 3.63) is 65.3 Å². The van der Waals surface area contributed by atoms with Gasteiger partial charge in [0.05, 0.1) is 27.7 Å². The van der Waals surface area contributed by atoms with Crippen molar-refractivity contribution in [3.63, 3.8) is 0 Å². The number of nitrogens with two attached hydrogens (primary N) is 1. The molecular weight excluding hydrogens is 591 g/mol. The second kappa shape index (κ2) is 11.7. The Kier molecular flexibility index (Phi) is 8.00. The molecule has 0 bridgehead atoms. The predicted molar refractivity (Wildman–Crippen MR) is 165 cm³/mol. The monoisotopic (exact) mass is 622 g/mol. The third-order valence-corrected chi connectivity index (χ3v) is 10.5. The maximum Gasteiger partial charge on any atom is 0.263 e. The first-order valence-corrected chi connectivity index (χ1v) is 16.1. The second-order valence-electron chi connectivity index (χ2n) is 11.3. The van der Waals surface area contributed by atoms with Crippen LogP contribution in [0.1, 0.15) is 37.3 Å². The number of fused-ring (bicyclic) bond motifs is 1. The van der Waals surface area contributed by atoms with E-state index in [2.05, 4.69) is 36.1 Å². The average Bonchev–Trinajstić information content (AvgIpc) is 3.39. The van der Waals surface area contributed by atoms with Crippen LogP contribution in [-0.4, -0.2) is 72.0 Å². The Morgan fingerprint density at radius 3 is 2.44 bits per heavy atom. The first-order valence-electron chi connectivity index (χ1n) is 14.2. The molecule has 0 unspecified atom stereocenters. The van der Waals surface area contributed by atoms with Crippen LogP contribution in [0.15, 0.2) is 53.8 Å². The number of nitrogens with zero attached hydrogens (tertiary/aromatic N) is 6. The summed E-state index contributed by atoms with van der Waals surface area (Å²) in [7, 11) is -2.05. The molecule has 1 aliphatic heterocycles. The highest BCUT2D eigenvalue weighted by molar-refractivity contribution is 7.92. The van der Waals surface area contributed by atoms with Gasteiger partial charge in [0.25, 0.3) is 10.0 Å². The van der Waals surface area contributed by atoms with Gasteiger partial charge in [0.15, 0.2) is 0 Å². The van der Waals surface area contributed by atoms with E-state index < -0.39 is 15.8 Å². The zero-order valence-electron chi connectivity index (χ0n) is 23.7. The van der Waals surface area contributed by atoms with Crippen LogP contribution in [0, 0.1) is 17.1 Å². The van der Waals surface area contributed by atoms with Gasteiger partial charge in [-0.2, -0.15) is 5.26 Å². The van der Waals surface area contributed by atoms with Crippen LogP contribution >= 0.6 is 11.6 Å². The average molecular weight is 623 g/mol. The molecule has 1 saturated carbocycles. The van der Waals surface area contributed by atoms with Crippen molar-refractivity contribution in [2.75, 3.05) is 43.7 Å². The van der Waals surface area contributed by atoms with E-state index in [1.54, 1.807) is 6.07 Å². The number of nitriles is 1. The summed E-state index contributed by atoms with van der Waals surface area (Å²) in [5, 5.41) is 9.53. The van der Waals surface area contributed by atoms with E-state index in [-0.39, 0.29) is 27.2 Å². The minimum Gasteiger partial charge on any atom is -0.383 e. The topological polar surface area (TPSA) is 133 Å². The van der Waals surface area contributed by atoms with Crippen molar-refractivity contribution in [1.29, 1.82) is 5.26 Å². The smallest absolute Gasteiger partial charge is 0.263 e. The number of hydrogen-bond donors (Lipinski definition) is 2. The summed E-state index contributed by atoms with van der Waals surface area (Å²) in [6.07, 6.45) is 7.59. The molecule has 10 nitrogen and oxygen atoms in total. The molecule has 0 amide bonds. The summed E-state index contributed by atoms with van der Waals surface area (Å²) < 4.78 is 45.8. The van der Waals surface area contributed by atoms with E-state index in [1.807, 2.05) is 12.3 Å². The molecule has 2 aromatic carbocycles. The van der Waals surface area contributed by atoms with Crippen LogP contribution in [0.25, 0.3) is 22.2 Å². The molecule has 224 valence electrons. The van der Waals surface area contributed by atoms with Gasteiger partial charge in [-0.15, -0.1) is 0 Å². The van der Waals surface area contributed by atoms with Gasteiger partial charge in [0, 0.05) is 50.0 Å². The number of aromatic nitrogens is 3. The number of anilines is 2. The highest BCUT2D eigenvalue weighted by atomic mass is 35.5. The van der Waals surface area contributed by atoms with Crippen LogP contribution in [0.3, 0.4) is 0 Å². The van der Waals surface area contributed by atoms with Crippen LogP contribution in [-0.2, 0) is 10.0 Å². The number of benzene rings is 2. The third kappa shape index (κ3) is 5.78. The second-order valence-corrected chi connectivity index (χ2v) is 13.3. The van der Waals surface area contributed by atoms with Crippen molar-refractivity contribution < 1.29 is 12.8 Å². The zero-order valence-corrected chi connectivity index (χ0v) is 25.2. The van der Waals surface area contributed by atoms with E-state index in [0.717, 1.165) is 51.9 Å². The van der Waals surface area contributed by atoms with Crippen molar-refractivity contribution in [1.82, 2.24) is 24.3 Å². The number of halogens is 2. The lowest BCUT2D eigenvalue weighted by molar-refractivity contribution is 0.0828. The number of hydrogen-bond acceptors (Lipinski definition) is 8. The molecule has 0 radical (unpaired) electrons. The van der Waals surface area contributed by atoms with Crippen LogP contribution < -0.4 is 10.5 Å². The Bertz CT molecular complexity index is 1820. The van der Waals surface area contributed by atoms with E-state index in [9.17, 15) is 8.42 Å². The summed E-state index contributed by atoms with van der Waals surface area (Å²) in [5.41, 5.74) is 8.20. The normalized spacial score (nSPS) is 20.2. The molecule has 2 aromatic heterocycles. The molecule has 43 heavy (non-hydrogen) atoms. The molecule has 3 N–H and O–H groups in total. The number of likely N-dealkylation sites (N-methyl/N-ethyl adjacent to an activating group) is 1. The third-order valence-electron chi connectivity index (χ3n) is 8.63. The maximum absolute atomic E-state index is 15.4. The lowest BCUT2D eigenvalue weighted by Crippen LogP contribution is -2.49. The van der Waals surface area contributed by atoms with Crippen molar-refractivity contribution >= 4 is 44.2 Å². The lowest BCUT2D eigenvalue weighted by atomic mass is 9.89. The van der Waals surface area contributed by atoms with Gasteiger partial charge in [-0.3, -0.25) is 9.62 Å². The van der Waals surface area contributed by atoms with Crippen LogP contribution in [0.2, 0.25) is 5.02 Å². The van der Waals surface area contributed by atoms with E-state index in [0.29, 0.717) is 34.0 Å². The van der Waals surface area contributed by atoms with Gasteiger partial charge in [0.2, 0.25) is 0 Å². The number of piperazine rings is 1. The Labute approximate surface area is 254 Å². The highest BCUT2D eigenvalue weighted by Crippen LogP contribution is 2.40. The largest absolute Gasteiger partial charge is 0.383 e. The number of nitrogen functional groups attached to an aromatic ring is 1. The quantitative estimate of drug-likeness (QED) is 0.311. The fourth-order valence-electron chi connectivity index (χ4n) is 6.25. The Balaban J connectivity index is 1.26. The summed E-state index contributed by atoms with van der Waals surface area (Å²) in [4.78, 5) is 13.5. The Morgan fingerprint density at radius 2 is 1.77 bits per heavy atom. The van der Waals surface area contributed by atoms with Crippen molar-refractivity contribution in [3.8, 4) is 17.2 Å². The summed E-state index contributed by atoms with van der Waals surface area (Å²) in [6.45, 7) is 4.40. The molecule has 6 rings (SSSR count). The minimum atomic E-state index is -4.22. The SMILES string of the molecule is CN1CCN(C2CCC(n3cc(-c4ccc(NS(=O)(=O)c5ccc(C#N)cc5Cl)c(F)c4)c4c(N)ncnc43)CC2)CC1. The molecule has 0 spiro atoms. The van der Waals surface area contributed by atoms with Gasteiger partial charge in [0.1, 0.15) is 28.5 Å². The summed E-state index contributed by atoms with van der Waals surface area (Å²) >= 11 is 6.10. The number of nitrogens with one attached hydrogen (secondary N) is 1. The summed E-state index contributed by atoms with van der Waals surface area (Å²) in [6, 6.07) is 10.8. The van der Waals surface area contributed by atoms with E-state index >= 15 is 4.39 Å². The standard InChI is InChI=1S/C30H32ClFN8O2S/c1-38-10-12-39(13-11-38)21-4-6-22(7-5-21)40-17-23(28-29(34)35-18-36-30(28)40)20-3-8-26(25(32)15-20)37-43(41,42)27-9-2-19(16-33)14-24(27)31/h2-3,8-9,14-15,17-18,21-22,37H,4-7,10-13H2,1H3,(H2,34,35,36). The fourth-order valence-corrected chi connectivity index (χ4v) is 7.86. The van der Waals surface area contributed by atoms with Gasteiger partial charge >= 0.3 is 0 Å². The molecule has 3 heterocycles. The molecule has 4 aromatic rings. The van der Waals surface area contributed by atoms with Crippen LogP contribution in [0.4, 0.5) is 15.9 Å².